The number of amides is 1. The van der Waals surface area contributed by atoms with Crippen molar-refractivity contribution in [2.24, 2.45) is 0 Å². The molecule has 2 N–H and O–H groups in total. The van der Waals surface area contributed by atoms with Gasteiger partial charge in [0.1, 0.15) is 33.6 Å². The number of benzene rings is 1. The lowest BCUT2D eigenvalue weighted by Crippen LogP contribution is -2.41. The molecule has 1 aliphatic rings. The molecule has 0 bridgehead atoms. The first-order valence-electron chi connectivity index (χ1n) is 9.36. The zero-order valence-corrected chi connectivity index (χ0v) is 18.8. The van der Waals surface area contributed by atoms with Crippen molar-refractivity contribution < 1.29 is 14.6 Å². The Hall–Kier alpha value is -2.53. The molecule has 0 radical (unpaired) electrons. The van der Waals surface area contributed by atoms with Gasteiger partial charge in [-0.15, -0.1) is 10.2 Å². The van der Waals surface area contributed by atoms with Gasteiger partial charge in [0.2, 0.25) is 5.95 Å². The number of carbonyl (C=O) groups is 1. The lowest BCUT2D eigenvalue weighted by molar-refractivity contribution is 0.142. The van der Waals surface area contributed by atoms with Gasteiger partial charge in [0.25, 0.3) is 0 Å². The second-order valence-corrected chi connectivity index (χ2v) is 8.78. The van der Waals surface area contributed by atoms with Gasteiger partial charge in [0.15, 0.2) is 0 Å². The van der Waals surface area contributed by atoms with Crippen molar-refractivity contribution in [1.82, 2.24) is 20.2 Å². The van der Waals surface area contributed by atoms with Crippen LogP contribution in [-0.4, -0.2) is 50.1 Å². The third kappa shape index (κ3) is 4.72. The Kier molecular flexibility index (Phi) is 6.24. The average Bonchev–Trinajstić information content (AvgIpc) is 3.35. The molecule has 1 aliphatic heterocycles. The Balaban J connectivity index is 1.54. The summed E-state index contributed by atoms with van der Waals surface area (Å²) in [6.45, 7) is 3.53. The summed E-state index contributed by atoms with van der Waals surface area (Å²) in [5, 5.41) is 23.8. The summed E-state index contributed by atoms with van der Waals surface area (Å²) in [6.07, 6.45) is -1.40. The quantitative estimate of drug-likeness (QED) is 0.504. The van der Waals surface area contributed by atoms with Gasteiger partial charge in [0, 0.05) is 16.7 Å². The number of hydrogen-bond donors (Lipinski definition) is 2. The van der Waals surface area contributed by atoms with Gasteiger partial charge in [-0.2, -0.15) is 4.98 Å². The number of nitrogens with one attached hydrogen (secondary N) is 1. The minimum absolute atomic E-state index is 0.0650. The first-order valence-corrected chi connectivity index (χ1v) is 10.9. The molecule has 4 rings (SSSR count). The van der Waals surface area contributed by atoms with Gasteiger partial charge in [0.05, 0.1) is 12.1 Å². The van der Waals surface area contributed by atoms with Gasteiger partial charge in [-0.1, -0.05) is 46.7 Å². The van der Waals surface area contributed by atoms with Crippen LogP contribution in [0.5, 0.6) is 0 Å². The number of ether oxygens (including phenoxy) is 1. The van der Waals surface area contributed by atoms with Gasteiger partial charge >= 0.3 is 6.09 Å². The number of aliphatic hydroxyl groups is 1. The molecular formula is C19H18Cl2N6O3S. The summed E-state index contributed by atoms with van der Waals surface area (Å²) >= 11 is 13.5. The maximum Gasteiger partial charge on any atom is 0.416 e. The molecule has 3 atom stereocenters. The van der Waals surface area contributed by atoms with E-state index < -0.39 is 18.2 Å². The summed E-state index contributed by atoms with van der Waals surface area (Å²) in [5.41, 5.74) is 0.915. The summed E-state index contributed by atoms with van der Waals surface area (Å²) in [4.78, 5) is 22.0. The zero-order chi connectivity index (χ0) is 22.1. The predicted molar refractivity (Wildman–Crippen MR) is 119 cm³/mol. The molecule has 9 nitrogen and oxygen atoms in total. The Labute approximate surface area is 192 Å². The van der Waals surface area contributed by atoms with Crippen molar-refractivity contribution in [2.45, 2.75) is 32.0 Å². The summed E-state index contributed by atoms with van der Waals surface area (Å²) in [6, 6.07) is 7.96. The van der Waals surface area contributed by atoms with Gasteiger partial charge in [-0.25, -0.2) is 9.78 Å². The smallest absolute Gasteiger partial charge is 0.416 e. The van der Waals surface area contributed by atoms with E-state index in [2.05, 4.69) is 25.5 Å². The van der Waals surface area contributed by atoms with Crippen LogP contribution in [0, 0.1) is 0 Å². The van der Waals surface area contributed by atoms with Crippen molar-refractivity contribution in [2.75, 3.05) is 16.8 Å². The maximum atomic E-state index is 12.2. The lowest BCUT2D eigenvalue weighted by atomic mass is 10.2. The Morgan fingerprint density at radius 1 is 1.23 bits per heavy atom. The number of nitrogens with zero attached hydrogens (tertiary/aromatic N) is 5. The number of halogens is 2. The third-order valence-corrected chi connectivity index (χ3v) is 6.24. The van der Waals surface area contributed by atoms with Crippen molar-refractivity contribution in [1.29, 1.82) is 0 Å². The van der Waals surface area contributed by atoms with Crippen LogP contribution in [0.25, 0.3) is 10.6 Å². The van der Waals surface area contributed by atoms with Crippen LogP contribution < -0.4 is 10.2 Å². The lowest BCUT2D eigenvalue weighted by Gasteiger charge is -2.23. The Morgan fingerprint density at radius 3 is 2.68 bits per heavy atom. The molecule has 1 aromatic carbocycles. The minimum atomic E-state index is -0.803. The van der Waals surface area contributed by atoms with E-state index in [0.717, 1.165) is 15.6 Å². The highest BCUT2D eigenvalue weighted by Crippen LogP contribution is 2.30. The first-order chi connectivity index (χ1) is 14.8. The Bertz CT molecular complexity index is 1090. The van der Waals surface area contributed by atoms with Crippen molar-refractivity contribution >= 4 is 52.4 Å². The Morgan fingerprint density at radius 2 is 1.97 bits per heavy atom. The molecule has 3 heterocycles. The SMILES string of the molecule is C[C@H](Nc1nc(Cl)cc(N2C(=O)OC[C@@H]2[C@@H](C)O)n1)c1nnc(-c2ccc(Cl)cc2)s1. The molecule has 12 heteroatoms. The monoisotopic (exact) mass is 480 g/mol. The maximum absolute atomic E-state index is 12.2. The van der Waals surface area contributed by atoms with Gasteiger partial charge in [-0.3, -0.25) is 4.90 Å². The fourth-order valence-electron chi connectivity index (χ4n) is 3.02. The molecular weight excluding hydrogens is 463 g/mol. The summed E-state index contributed by atoms with van der Waals surface area (Å²) < 4.78 is 5.05. The van der Waals surface area contributed by atoms with E-state index in [-0.39, 0.29) is 29.6 Å². The fraction of sp³-hybridized carbons (Fsp3) is 0.316. The predicted octanol–water partition coefficient (Wildman–Crippen LogP) is 4.18. The number of cyclic esters (lactones) is 1. The molecule has 2 aromatic heterocycles. The highest BCUT2D eigenvalue weighted by Gasteiger charge is 2.38. The zero-order valence-electron chi connectivity index (χ0n) is 16.5. The van der Waals surface area contributed by atoms with Crippen molar-refractivity contribution in [3.8, 4) is 10.6 Å². The van der Waals surface area contributed by atoms with E-state index in [1.54, 1.807) is 19.1 Å². The molecule has 3 aromatic rings. The summed E-state index contributed by atoms with van der Waals surface area (Å²) in [7, 11) is 0. The number of hydrogen-bond acceptors (Lipinski definition) is 9. The van der Waals surface area contributed by atoms with Crippen LogP contribution in [0.3, 0.4) is 0 Å². The standard InChI is InChI=1S/C19H18Cl2N6O3S/c1-9(16-25-26-17(31-16)11-3-5-12(20)6-4-11)22-18-23-14(21)7-15(24-18)27-13(10(2)28)8-30-19(27)29/h3-7,9-10,13,28H,8H2,1-2H3,(H,22,23,24)/t9-,10+,13+/m0/s1. The first kappa shape index (κ1) is 21.7. The normalized spacial score (nSPS) is 18.0. The molecule has 1 amide bonds. The topological polar surface area (TPSA) is 113 Å². The molecule has 31 heavy (non-hydrogen) atoms. The number of aliphatic hydroxyl groups excluding tert-OH is 1. The van der Waals surface area contributed by atoms with E-state index >= 15 is 0 Å². The van der Waals surface area contributed by atoms with Crippen LogP contribution >= 0.6 is 34.5 Å². The van der Waals surface area contributed by atoms with Crippen molar-refractivity contribution in [3.63, 3.8) is 0 Å². The van der Waals surface area contributed by atoms with Gasteiger partial charge < -0.3 is 15.2 Å². The molecule has 0 aliphatic carbocycles. The third-order valence-electron chi connectivity index (χ3n) is 4.64. The second kappa shape index (κ2) is 8.91. The molecule has 0 unspecified atom stereocenters. The highest BCUT2D eigenvalue weighted by molar-refractivity contribution is 7.14. The minimum Gasteiger partial charge on any atom is -0.447 e. The van der Waals surface area contributed by atoms with E-state index in [1.807, 2.05) is 19.1 Å². The van der Waals surface area contributed by atoms with Crippen LogP contribution in [0.15, 0.2) is 30.3 Å². The molecule has 1 saturated heterocycles. The fourth-order valence-corrected chi connectivity index (χ4v) is 4.18. The summed E-state index contributed by atoms with van der Waals surface area (Å²) in [5.74, 6) is 0.449. The van der Waals surface area contributed by atoms with E-state index in [0.29, 0.717) is 5.02 Å². The van der Waals surface area contributed by atoms with E-state index in [1.165, 1.54) is 22.3 Å². The largest absolute Gasteiger partial charge is 0.447 e. The molecule has 0 spiro atoms. The number of anilines is 2. The van der Waals surface area contributed by atoms with Gasteiger partial charge in [-0.05, 0) is 26.0 Å². The number of rotatable bonds is 6. The second-order valence-electron chi connectivity index (χ2n) is 6.95. The number of aromatic nitrogens is 4. The van der Waals surface area contributed by atoms with Crippen LogP contribution in [-0.2, 0) is 4.74 Å². The number of carbonyl (C=O) groups excluding carboxylic acids is 1. The van der Waals surface area contributed by atoms with Crippen LogP contribution in [0.4, 0.5) is 16.6 Å². The molecule has 1 fully saturated rings. The van der Waals surface area contributed by atoms with Crippen molar-refractivity contribution in [3.05, 3.63) is 45.5 Å². The highest BCUT2D eigenvalue weighted by atomic mass is 35.5. The van der Waals surface area contributed by atoms with E-state index in [9.17, 15) is 9.90 Å². The molecule has 162 valence electrons. The molecule has 0 saturated carbocycles. The van der Waals surface area contributed by atoms with Crippen LogP contribution in [0.1, 0.15) is 24.9 Å². The van der Waals surface area contributed by atoms with Crippen LogP contribution in [0.2, 0.25) is 10.2 Å². The van der Waals surface area contributed by atoms with E-state index in [4.69, 9.17) is 27.9 Å². The average molecular weight is 481 g/mol.